The lowest BCUT2D eigenvalue weighted by molar-refractivity contribution is -0.383. The van der Waals surface area contributed by atoms with Crippen LogP contribution < -0.4 is 4.90 Å². The van der Waals surface area contributed by atoms with Gasteiger partial charge in [-0.15, -0.1) is 11.3 Å². The highest BCUT2D eigenvalue weighted by molar-refractivity contribution is 7.16. The summed E-state index contributed by atoms with van der Waals surface area (Å²) in [6, 6.07) is 1.52. The minimum absolute atomic E-state index is 0.138. The van der Waals surface area contributed by atoms with Crippen molar-refractivity contribution >= 4 is 22.0 Å². The highest BCUT2D eigenvalue weighted by Crippen LogP contribution is 2.41. The van der Waals surface area contributed by atoms with Gasteiger partial charge >= 0.3 is 5.69 Å². The molecule has 1 N–H and O–H groups in total. The summed E-state index contributed by atoms with van der Waals surface area (Å²) in [5.41, 5.74) is 0.138. The van der Waals surface area contributed by atoms with Crippen LogP contribution in [-0.2, 0) is 0 Å². The molecule has 0 aromatic carbocycles. The largest absolute Gasteiger partial charge is 0.388 e. The monoisotopic (exact) mass is 312 g/mol. The van der Waals surface area contributed by atoms with Gasteiger partial charge in [-0.05, 0) is 38.0 Å². The molecule has 5 nitrogen and oxygen atoms in total. The van der Waals surface area contributed by atoms with Crippen molar-refractivity contribution in [2.45, 2.75) is 46.1 Å². The Kier molecular flexibility index (Phi) is 5.22. The smallest absolute Gasteiger partial charge is 0.304 e. The molecule has 6 heteroatoms. The van der Waals surface area contributed by atoms with E-state index in [9.17, 15) is 15.2 Å². The molecule has 1 aliphatic heterocycles. The number of thiophene rings is 1. The minimum Gasteiger partial charge on any atom is -0.388 e. The van der Waals surface area contributed by atoms with Crippen LogP contribution in [0.5, 0.6) is 0 Å². The average molecular weight is 312 g/mol. The molecule has 118 valence electrons. The molecule has 0 saturated carbocycles. The maximum absolute atomic E-state index is 11.3. The van der Waals surface area contributed by atoms with Crippen LogP contribution in [0, 0.1) is 22.0 Å². The van der Waals surface area contributed by atoms with Crippen LogP contribution >= 0.6 is 11.3 Å². The summed E-state index contributed by atoms with van der Waals surface area (Å²) in [5, 5.41) is 21.7. The molecule has 1 saturated heterocycles. The Morgan fingerprint density at radius 3 is 2.67 bits per heavy atom. The van der Waals surface area contributed by atoms with Crippen molar-refractivity contribution in [1.82, 2.24) is 0 Å². The van der Waals surface area contributed by atoms with Crippen LogP contribution in [0.4, 0.5) is 10.7 Å². The van der Waals surface area contributed by atoms with Crippen LogP contribution in [0.1, 0.15) is 51.0 Å². The second-order valence-corrected chi connectivity index (χ2v) is 7.26. The molecule has 2 rings (SSSR count). The summed E-state index contributed by atoms with van der Waals surface area (Å²) < 4.78 is 0. The van der Waals surface area contributed by atoms with Crippen molar-refractivity contribution in [2.24, 2.45) is 11.8 Å². The lowest BCUT2D eigenvalue weighted by Crippen LogP contribution is -2.24. The first kappa shape index (κ1) is 16.2. The van der Waals surface area contributed by atoms with Crippen molar-refractivity contribution in [3.63, 3.8) is 0 Å². The molecule has 0 spiro atoms. The molecule has 1 aromatic heterocycles. The highest BCUT2D eigenvalue weighted by atomic mass is 32.1. The zero-order valence-corrected chi connectivity index (χ0v) is 13.7. The van der Waals surface area contributed by atoms with E-state index in [2.05, 4.69) is 18.7 Å². The first-order chi connectivity index (χ1) is 9.90. The van der Waals surface area contributed by atoms with Crippen LogP contribution in [0.2, 0.25) is 0 Å². The highest BCUT2D eigenvalue weighted by Gasteiger charge is 2.27. The van der Waals surface area contributed by atoms with Gasteiger partial charge in [0.05, 0.1) is 11.0 Å². The fourth-order valence-electron chi connectivity index (χ4n) is 2.94. The molecule has 0 radical (unpaired) electrons. The standard InChI is InChI=1S/C15H24N2O3S/c1-10(2)12-5-4-7-16(8-6-12)15-13(17(19)20)9-14(21-15)11(3)18/h9-12,18H,4-8H2,1-3H3. The van der Waals surface area contributed by atoms with E-state index in [1.54, 1.807) is 6.92 Å². The van der Waals surface area contributed by atoms with Gasteiger partial charge in [0.25, 0.3) is 0 Å². The van der Waals surface area contributed by atoms with E-state index in [4.69, 9.17) is 0 Å². The van der Waals surface area contributed by atoms with E-state index < -0.39 is 6.10 Å². The van der Waals surface area contributed by atoms with E-state index >= 15 is 0 Å². The molecule has 1 fully saturated rings. The van der Waals surface area contributed by atoms with Gasteiger partial charge in [-0.3, -0.25) is 10.1 Å². The molecule has 0 amide bonds. The summed E-state index contributed by atoms with van der Waals surface area (Å²) in [4.78, 5) is 13.7. The lowest BCUT2D eigenvalue weighted by atomic mass is 9.89. The van der Waals surface area contributed by atoms with Crippen molar-refractivity contribution in [3.8, 4) is 0 Å². The Balaban J connectivity index is 2.22. The minimum atomic E-state index is -0.655. The van der Waals surface area contributed by atoms with E-state index in [-0.39, 0.29) is 10.6 Å². The van der Waals surface area contributed by atoms with E-state index in [1.165, 1.54) is 23.8 Å². The van der Waals surface area contributed by atoms with Crippen LogP contribution in [0.15, 0.2) is 6.07 Å². The van der Waals surface area contributed by atoms with Gasteiger partial charge in [-0.1, -0.05) is 13.8 Å². The Bertz CT molecular complexity index is 499. The molecule has 2 unspecified atom stereocenters. The SMILES string of the molecule is CC(O)c1cc([N+](=O)[O-])c(N2CCCC(C(C)C)CC2)s1. The van der Waals surface area contributed by atoms with Crippen LogP contribution in [-0.4, -0.2) is 23.1 Å². The first-order valence-electron chi connectivity index (χ1n) is 7.61. The van der Waals surface area contributed by atoms with Crippen molar-refractivity contribution in [1.29, 1.82) is 0 Å². The Morgan fingerprint density at radius 1 is 1.38 bits per heavy atom. The van der Waals surface area contributed by atoms with Gasteiger partial charge in [0.15, 0.2) is 5.00 Å². The second-order valence-electron chi connectivity index (χ2n) is 6.19. The lowest BCUT2D eigenvalue weighted by Gasteiger charge is -2.21. The summed E-state index contributed by atoms with van der Waals surface area (Å²) in [6.45, 7) is 7.88. The summed E-state index contributed by atoms with van der Waals surface area (Å²) >= 11 is 1.36. The van der Waals surface area contributed by atoms with Crippen molar-refractivity contribution in [3.05, 3.63) is 21.1 Å². The zero-order valence-electron chi connectivity index (χ0n) is 12.9. The second kappa shape index (κ2) is 6.75. The number of nitro groups is 1. The maximum Gasteiger partial charge on any atom is 0.304 e. The average Bonchev–Trinajstić information content (AvgIpc) is 2.71. The van der Waals surface area contributed by atoms with Gasteiger partial charge in [0.1, 0.15) is 0 Å². The van der Waals surface area contributed by atoms with E-state index in [0.717, 1.165) is 25.9 Å². The Morgan fingerprint density at radius 2 is 2.10 bits per heavy atom. The van der Waals surface area contributed by atoms with Gasteiger partial charge in [0, 0.05) is 24.0 Å². The molecule has 0 bridgehead atoms. The number of hydrogen-bond donors (Lipinski definition) is 1. The molecule has 0 aliphatic carbocycles. The topological polar surface area (TPSA) is 66.6 Å². The van der Waals surface area contributed by atoms with Gasteiger partial charge in [-0.25, -0.2) is 0 Å². The summed E-state index contributed by atoms with van der Waals surface area (Å²) in [5.74, 6) is 1.36. The van der Waals surface area contributed by atoms with Crippen molar-refractivity contribution in [2.75, 3.05) is 18.0 Å². The molecule has 2 heterocycles. The number of aliphatic hydroxyl groups is 1. The molecule has 1 aromatic rings. The number of nitrogens with zero attached hydrogens (tertiary/aromatic N) is 2. The fourth-order valence-corrected chi connectivity index (χ4v) is 4.06. The van der Waals surface area contributed by atoms with Gasteiger partial charge in [0.2, 0.25) is 0 Å². The third-order valence-electron chi connectivity index (χ3n) is 4.32. The van der Waals surface area contributed by atoms with Crippen molar-refractivity contribution < 1.29 is 10.0 Å². The van der Waals surface area contributed by atoms with Gasteiger partial charge < -0.3 is 10.0 Å². The third kappa shape index (κ3) is 3.74. The predicted octanol–water partition coefficient (Wildman–Crippen LogP) is 3.97. The summed E-state index contributed by atoms with van der Waals surface area (Å²) in [6.07, 6.45) is 2.69. The third-order valence-corrected chi connectivity index (χ3v) is 5.68. The molecular formula is C15H24N2O3S. The summed E-state index contributed by atoms with van der Waals surface area (Å²) in [7, 11) is 0. The number of rotatable bonds is 4. The van der Waals surface area contributed by atoms with E-state index in [1.807, 2.05) is 0 Å². The maximum atomic E-state index is 11.3. The Hall–Kier alpha value is -1.14. The molecule has 21 heavy (non-hydrogen) atoms. The zero-order chi connectivity index (χ0) is 15.6. The predicted molar refractivity (Wildman–Crippen MR) is 86.0 cm³/mol. The number of anilines is 1. The molecule has 2 atom stereocenters. The van der Waals surface area contributed by atoms with Crippen LogP contribution in [0.25, 0.3) is 0 Å². The Labute approximate surface area is 129 Å². The van der Waals surface area contributed by atoms with Gasteiger partial charge in [-0.2, -0.15) is 0 Å². The number of hydrogen-bond acceptors (Lipinski definition) is 5. The number of aliphatic hydroxyl groups excluding tert-OH is 1. The molecular weight excluding hydrogens is 288 g/mol. The fraction of sp³-hybridized carbons (Fsp3) is 0.733. The first-order valence-corrected chi connectivity index (χ1v) is 8.43. The normalized spacial score (nSPS) is 21.4. The molecule has 1 aliphatic rings. The van der Waals surface area contributed by atoms with E-state index in [0.29, 0.717) is 21.7 Å². The van der Waals surface area contributed by atoms with Crippen LogP contribution in [0.3, 0.4) is 0 Å². The quantitative estimate of drug-likeness (QED) is 0.674.